The highest BCUT2D eigenvalue weighted by Gasteiger charge is 2.17. The van der Waals surface area contributed by atoms with Crippen LogP contribution in [-0.2, 0) is 0 Å². The van der Waals surface area contributed by atoms with E-state index < -0.39 is 0 Å². The van der Waals surface area contributed by atoms with E-state index in [0.717, 1.165) is 28.4 Å². The zero-order valence-corrected chi connectivity index (χ0v) is 14.6. The number of aromatic nitrogens is 2. The van der Waals surface area contributed by atoms with Crippen molar-refractivity contribution in [3.05, 3.63) is 83.2 Å². The molecule has 0 N–H and O–H groups in total. The van der Waals surface area contributed by atoms with Crippen molar-refractivity contribution in [3.63, 3.8) is 0 Å². The van der Waals surface area contributed by atoms with Crippen molar-refractivity contribution in [2.45, 2.75) is 13.8 Å². The van der Waals surface area contributed by atoms with Crippen LogP contribution in [0.4, 0.5) is 0 Å². The Morgan fingerprint density at radius 2 is 1.72 bits per heavy atom. The predicted octanol–water partition coefficient (Wildman–Crippen LogP) is 4.39. The molecule has 0 unspecified atom stereocenters. The van der Waals surface area contributed by atoms with E-state index in [-0.39, 0.29) is 5.78 Å². The van der Waals surface area contributed by atoms with Gasteiger partial charge in [-0.15, -0.1) is 0 Å². The smallest absolute Gasteiger partial charge is 0.189 e. The van der Waals surface area contributed by atoms with Gasteiger partial charge in [0.2, 0.25) is 0 Å². The molecule has 0 saturated carbocycles. The molecule has 3 rings (SSSR count). The van der Waals surface area contributed by atoms with E-state index in [9.17, 15) is 4.79 Å². The number of ether oxygens (including phenoxy) is 1. The van der Waals surface area contributed by atoms with Gasteiger partial charge in [0, 0.05) is 0 Å². The molecule has 4 nitrogen and oxygen atoms in total. The molecule has 2 aromatic carbocycles. The van der Waals surface area contributed by atoms with Crippen LogP contribution < -0.4 is 4.74 Å². The Hall–Kier alpha value is -3.14. The Morgan fingerprint density at radius 1 is 1.04 bits per heavy atom. The SMILES string of the molecule is COc1ccc(C=CC(=O)c2c(C)nn(-c3ccccc3)c2C)cc1. The summed E-state index contributed by atoms with van der Waals surface area (Å²) in [7, 11) is 1.63. The van der Waals surface area contributed by atoms with Crippen LogP contribution in [0.25, 0.3) is 11.8 Å². The van der Waals surface area contributed by atoms with Crippen molar-refractivity contribution in [1.29, 1.82) is 0 Å². The minimum Gasteiger partial charge on any atom is -0.497 e. The number of hydrogen-bond acceptors (Lipinski definition) is 3. The third-order valence-corrected chi connectivity index (χ3v) is 4.08. The summed E-state index contributed by atoms with van der Waals surface area (Å²) in [5.41, 5.74) is 4.11. The molecule has 0 spiro atoms. The van der Waals surface area contributed by atoms with Crippen molar-refractivity contribution < 1.29 is 9.53 Å². The third-order valence-electron chi connectivity index (χ3n) is 4.08. The molecule has 1 aromatic heterocycles. The van der Waals surface area contributed by atoms with E-state index in [1.165, 1.54) is 0 Å². The molecule has 0 bridgehead atoms. The van der Waals surface area contributed by atoms with Crippen molar-refractivity contribution in [2.75, 3.05) is 7.11 Å². The van der Waals surface area contributed by atoms with Crippen LogP contribution in [0, 0.1) is 13.8 Å². The summed E-state index contributed by atoms with van der Waals surface area (Å²) >= 11 is 0. The van der Waals surface area contributed by atoms with Gasteiger partial charge in [0.15, 0.2) is 5.78 Å². The van der Waals surface area contributed by atoms with Crippen LogP contribution in [0.1, 0.15) is 27.3 Å². The van der Waals surface area contributed by atoms with E-state index >= 15 is 0 Å². The van der Waals surface area contributed by atoms with Gasteiger partial charge < -0.3 is 4.74 Å². The molecular formula is C21H20N2O2. The lowest BCUT2D eigenvalue weighted by molar-refractivity contribution is 0.104. The number of methoxy groups -OCH3 is 1. The van der Waals surface area contributed by atoms with Gasteiger partial charge in [0.25, 0.3) is 0 Å². The Morgan fingerprint density at radius 3 is 2.36 bits per heavy atom. The first kappa shape index (κ1) is 16.7. The Bertz CT molecular complexity index is 907. The maximum absolute atomic E-state index is 12.7. The molecule has 0 radical (unpaired) electrons. The van der Waals surface area contributed by atoms with Crippen LogP contribution in [-0.4, -0.2) is 22.7 Å². The molecular weight excluding hydrogens is 312 g/mol. The summed E-state index contributed by atoms with van der Waals surface area (Å²) in [5.74, 6) is 0.743. The van der Waals surface area contributed by atoms with Gasteiger partial charge in [-0.1, -0.05) is 36.4 Å². The van der Waals surface area contributed by atoms with Gasteiger partial charge in [0.05, 0.1) is 29.7 Å². The van der Waals surface area contributed by atoms with E-state index in [1.54, 1.807) is 19.3 Å². The number of benzene rings is 2. The number of nitrogens with zero attached hydrogens (tertiary/aromatic N) is 2. The average molecular weight is 332 g/mol. The van der Waals surface area contributed by atoms with E-state index in [1.807, 2.05) is 73.1 Å². The summed E-state index contributed by atoms with van der Waals surface area (Å²) in [4.78, 5) is 12.7. The standard InChI is InChI=1S/C21H20N2O2/c1-15-21(16(2)23(22-15)18-7-5-4-6-8-18)20(24)14-11-17-9-12-19(25-3)13-10-17/h4-14H,1-3H3. The molecule has 0 aliphatic carbocycles. The van der Waals surface area contributed by atoms with Gasteiger partial charge in [-0.2, -0.15) is 5.10 Å². The lowest BCUT2D eigenvalue weighted by atomic mass is 10.1. The Balaban J connectivity index is 1.87. The number of para-hydroxylation sites is 1. The molecule has 0 saturated heterocycles. The molecule has 0 atom stereocenters. The second-order valence-electron chi connectivity index (χ2n) is 5.76. The van der Waals surface area contributed by atoms with Crippen molar-refractivity contribution in [1.82, 2.24) is 9.78 Å². The van der Waals surface area contributed by atoms with Gasteiger partial charge >= 0.3 is 0 Å². The summed E-state index contributed by atoms with van der Waals surface area (Å²) in [6.45, 7) is 3.78. The molecule has 0 amide bonds. The fourth-order valence-corrected chi connectivity index (χ4v) is 2.79. The largest absolute Gasteiger partial charge is 0.497 e. The lowest BCUT2D eigenvalue weighted by Crippen LogP contribution is -2.01. The van der Waals surface area contributed by atoms with E-state index in [0.29, 0.717) is 5.56 Å². The van der Waals surface area contributed by atoms with Gasteiger partial charge in [0.1, 0.15) is 5.75 Å². The van der Waals surface area contributed by atoms with Crippen molar-refractivity contribution >= 4 is 11.9 Å². The maximum Gasteiger partial charge on any atom is 0.189 e. The summed E-state index contributed by atoms with van der Waals surface area (Å²) in [6, 6.07) is 17.4. The van der Waals surface area contributed by atoms with E-state index in [2.05, 4.69) is 5.10 Å². The summed E-state index contributed by atoms with van der Waals surface area (Å²) in [5, 5.41) is 4.52. The zero-order valence-electron chi connectivity index (χ0n) is 14.6. The first-order valence-electron chi connectivity index (χ1n) is 8.08. The monoisotopic (exact) mass is 332 g/mol. The molecule has 25 heavy (non-hydrogen) atoms. The molecule has 4 heteroatoms. The highest BCUT2D eigenvalue weighted by atomic mass is 16.5. The quantitative estimate of drug-likeness (QED) is 0.514. The third kappa shape index (κ3) is 3.53. The molecule has 0 aliphatic heterocycles. The van der Waals surface area contributed by atoms with Crippen LogP contribution in [0.2, 0.25) is 0 Å². The number of hydrogen-bond donors (Lipinski definition) is 0. The maximum atomic E-state index is 12.7. The first-order valence-corrected chi connectivity index (χ1v) is 8.08. The summed E-state index contributed by atoms with van der Waals surface area (Å²) < 4.78 is 6.95. The molecule has 3 aromatic rings. The van der Waals surface area contributed by atoms with Gasteiger partial charge in [-0.3, -0.25) is 4.79 Å². The topological polar surface area (TPSA) is 44.1 Å². The number of ketones is 1. The fourth-order valence-electron chi connectivity index (χ4n) is 2.79. The minimum atomic E-state index is -0.0481. The minimum absolute atomic E-state index is 0.0481. The Labute approximate surface area is 147 Å². The number of carbonyl (C=O) groups is 1. The molecule has 126 valence electrons. The Kier molecular flexibility index (Phi) is 4.80. The van der Waals surface area contributed by atoms with Crippen molar-refractivity contribution in [3.8, 4) is 11.4 Å². The van der Waals surface area contributed by atoms with E-state index in [4.69, 9.17) is 4.74 Å². The highest BCUT2D eigenvalue weighted by Crippen LogP contribution is 2.19. The molecule has 0 fully saturated rings. The number of allylic oxidation sites excluding steroid dienone is 1. The zero-order chi connectivity index (χ0) is 17.8. The highest BCUT2D eigenvalue weighted by molar-refractivity contribution is 6.08. The van der Waals surface area contributed by atoms with Gasteiger partial charge in [-0.05, 0) is 49.8 Å². The molecule has 1 heterocycles. The second kappa shape index (κ2) is 7.18. The molecule has 0 aliphatic rings. The van der Waals surface area contributed by atoms with Crippen molar-refractivity contribution in [2.24, 2.45) is 0 Å². The van der Waals surface area contributed by atoms with Crippen LogP contribution in [0.15, 0.2) is 60.7 Å². The van der Waals surface area contributed by atoms with Crippen LogP contribution in [0.5, 0.6) is 5.75 Å². The second-order valence-corrected chi connectivity index (χ2v) is 5.76. The first-order chi connectivity index (χ1) is 12.1. The predicted molar refractivity (Wildman–Crippen MR) is 99.4 cm³/mol. The number of aryl methyl sites for hydroxylation is 1. The summed E-state index contributed by atoms with van der Waals surface area (Å²) in [6.07, 6.45) is 3.40. The van der Waals surface area contributed by atoms with Gasteiger partial charge in [-0.25, -0.2) is 4.68 Å². The lowest BCUT2D eigenvalue weighted by Gasteiger charge is -2.04. The number of rotatable bonds is 5. The van der Waals surface area contributed by atoms with Crippen LogP contribution in [0.3, 0.4) is 0 Å². The normalized spacial score (nSPS) is 11.0. The number of carbonyl (C=O) groups excluding carboxylic acids is 1. The fraction of sp³-hybridized carbons (Fsp3) is 0.143. The average Bonchev–Trinajstić information content (AvgIpc) is 2.95. The van der Waals surface area contributed by atoms with Crippen LogP contribution >= 0.6 is 0 Å².